The van der Waals surface area contributed by atoms with E-state index in [0.717, 1.165) is 43.0 Å². The number of hydrogen-bond acceptors (Lipinski definition) is 5. The Morgan fingerprint density at radius 3 is 3.17 bits per heavy atom. The van der Waals surface area contributed by atoms with Crippen LogP contribution in [-0.4, -0.2) is 29.1 Å². The monoisotopic (exact) mass is 262 g/mol. The highest BCUT2D eigenvalue weighted by molar-refractivity contribution is 7.18. The number of anilines is 1. The molecule has 2 aromatic heterocycles. The van der Waals surface area contributed by atoms with Gasteiger partial charge in [-0.1, -0.05) is 6.92 Å². The smallest absolute Gasteiger partial charge is 0.140 e. The summed E-state index contributed by atoms with van der Waals surface area (Å²) in [5.41, 5.74) is 6.06. The van der Waals surface area contributed by atoms with E-state index in [2.05, 4.69) is 27.9 Å². The predicted molar refractivity (Wildman–Crippen MR) is 76.2 cm³/mol. The molecule has 1 atom stereocenters. The second-order valence-corrected chi connectivity index (χ2v) is 5.95. The van der Waals surface area contributed by atoms with Crippen LogP contribution in [0.5, 0.6) is 0 Å². The summed E-state index contributed by atoms with van der Waals surface area (Å²) in [5.74, 6) is 1.06. The molecule has 3 heterocycles. The van der Waals surface area contributed by atoms with Crippen molar-refractivity contribution in [2.45, 2.75) is 32.2 Å². The largest absolute Gasteiger partial charge is 0.354 e. The van der Waals surface area contributed by atoms with Gasteiger partial charge in [0.05, 0.1) is 5.39 Å². The summed E-state index contributed by atoms with van der Waals surface area (Å²) in [5, 5.41) is 1.19. The molecule has 3 rings (SSSR count). The van der Waals surface area contributed by atoms with Gasteiger partial charge in [-0.05, 0) is 25.3 Å². The zero-order chi connectivity index (χ0) is 12.5. The van der Waals surface area contributed by atoms with Crippen molar-refractivity contribution in [3.63, 3.8) is 0 Å². The van der Waals surface area contributed by atoms with Gasteiger partial charge < -0.3 is 10.6 Å². The van der Waals surface area contributed by atoms with Crippen molar-refractivity contribution >= 4 is 27.4 Å². The van der Waals surface area contributed by atoms with E-state index < -0.39 is 0 Å². The number of aromatic nitrogens is 2. The van der Waals surface area contributed by atoms with Gasteiger partial charge in [0, 0.05) is 24.0 Å². The standard InChI is InChI=1S/C13H18N4S/c1-2-10-6-11-12(15-8-16-13(11)18-10)17-5-3-4-9(14)7-17/h6,8-9H,2-5,7,14H2,1H3/t9-/m1/s1. The third kappa shape index (κ3) is 2.08. The van der Waals surface area contributed by atoms with Gasteiger partial charge in [-0.2, -0.15) is 0 Å². The van der Waals surface area contributed by atoms with Gasteiger partial charge in [0.1, 0.15) is 17.0 Å². The first-order valence-corrected chi connectivity index (χ1v) is 7.33. The number of aryl methyl sites for hydroxylation is 1. The van der Waals surface area contributed by atoms with E-state index in [1.807, 2.05) is 0 Å². The molecule has 1 saturated heterocycles. The number of nitrogens with zero attached hydrogens (tertiary/aromatic N) is 3. The topological polar surface area (TPSA) is 55.0 Å². The Balaban J connectivity index is 2.02. The number of thiophene rings is 1. The van der Waals surface area contributed by atoms with Gasteiger partial charge in [-0.25, -0.2) is 9.97 Å². The Bertz CT molecular complexity index is 551. The summed E-state index contributed by atoms with van der Waals surface area (Å²) >= 11 is 1.77. The molecular weight excluding hydrogens is 244 g/mol. The van der Waals surface area contributed by atoms with E-state index in [1.165, 1.54) is 10.3 Å². The van der Waals surface area contributed by atoms with Gasteiger partial charge in [0.2, 0.25) is 0 Å². The zero-order valence-corrected chi connectivity index (χ0v) is 11.4. The minimum atomic E-state index is 0.271. The normalized spacial score (nSPS) is 20.6. The van der Waals surface area contributed by atoms with Gasteiger partial charge in [-0.15, -0.1) is 11.3 Å². The molecule has 0 bridgehead atoms. The van der Waals surface area contributed by atoms with Crippen molar-refractivity contribution in [1.82, 2.24) is 9.97 Å². The summed E-state index contributed by atoms with van der Waals surface area (Å²) in [6.45, 7) is 4.13. The molecule has 0 aliphatic carbocycles. The maximum atomic E-state index is 6.06. The molecule has 0 amide bonds. The zero-order valence-electron chi connectivity index (χ0n) is 10.6. The molecule has 0 unspecified atom stereocenters. The highest BCUT2D eigenvalue weighted by Gasteiger charge is 2.20. The molecule has 5 heteroatoms. The Kier molecular flexibility index (Phi) is 3.18. The first-order valence-electron chi connectivity index (χ1n) is 6.52. The predicted octanol–water partition coefficient (Wildman–Crippen LogP) is 2.18. The number of rotatable bonds is 2. The fourth-order valence-corrected chi connectivity index (χ4v) is 3.45. The van der Waals surface area contributed by atoms with E-state index >= 15 is 0 Å². The van der Waals surface area contributed by atoms with Crippen molar-refractivity contribution in [2.24, 2.45) is 5.73 Å². The highest BCUT2D eigenvalue weighted by Crippen LogP contribution is 2.31. The van der Waals surface area contributed by atoms with Crippen LogP contribution >= 0.6 is 11.3 Å². The van der Waals surface area contributed by atoms with E-state index in [0.29, 0.717) is 0 Å². The van der Waals surface area contributed by atoms with Crippen molar-refractivity contribution in [1.29, 1.82) is 0 Å². The van der Waals surface area contributed by atoms with E-state index in [9.17, 15) is 0 Å². The molecule has 96 valence electrons. The van der Waals surface area contributed by atoms with Crippen LogP contribution in [0.3, 0.4) is 0 Å². The summed E-state index contributed by atoms with van der Waals surface area (Å²) in [7, 11) is 0. The quantitative estimate of drug-likeness (QED) is 0.901. The van der Waals surface area contributed by atoms with Crippen LogP contribution in [0.4, 0.5) is 5.82 Å². The Morgan fingerprint density at radius 1 is 1.50 bits per heavy atom. The molecule has 0 aromatic carbocycles. The Labute approximate surface area is 111 Å². The van der Waals surface area contributed by atoms with Crippen LogP contribution in [0.25, 0.3) is 10.2 Å². The molecule has 1 fully saturated rings. The molecule has 2 N–H and O–H groups in total. The highest BCUT2D eigenvalue weighted by atomic mass is 32.1. The van der Waals surface area contributed by atoms with Crippen molar-refractivity contribution in [3.8, 4) is 0 Å². The molecule has 4 nitrogen and oxygen atoms in total. The third-order valence-electron chi connectivity index (χ3n) is 3.47. The minimum absolute atomic E-state index is 0.271. The molecule has 0 radical (unpaired) electrons. The van der Waals surface area contributed by atoms with E-state index in [1.54, 1.807) is 17.7 Å². The number of hydrogen-bond donors (Lipinski definition) is 1. The lowest BCUT2D eigenvalue weighted by molar-refractivity contribution is 0.504. The van der Waals surface area contributed by atoms with Crippen molar-refractivity contribution in [2.75, 3.05) is 18.0 Å². The molecular formula is C13H18N4S. The van der Waals surface area contributed by atoms with Gasteiger partial charge in [0.15, 0.2) is 0 Å². The second kappa shape index (κ2) is 4.82. The Morgan fingerprint density at radius 2 is 2.39 bits per heavy atom. The van der Waals surface area contributed by atoms with Crippen molar-refractivity contribution < 1.29 is 0 Å². The first kappa shape index (κ1) is 11.9. The third-order valence-corrected chi connectivity index (χ3v) is 4.65. The fraction of sp³-hybridized carbons (Fsp3) is 0.538. The fourth-order valence-electron chi connectivity index (χ4n) is 2.52. The maximum absolute atomic E-state index is 6.06. The maximum Gasteiger partial charge on any atom is 0.140 e. The van der Waals surface area contributed by atoms with Gasteiger partial charge in [0.25, 0.3) is 0 Å². The van der Waals surface area contributed by atoms with Crippen LogP contribution in [-0.2, 0) is 6.42 Å². The lowest BCUT2D eigenvalue weighted by Crippen LogP contribution is -2.43. The summed E-state index contributed by atoms with van der Waals surface area (Å²) in [6.07, 6.45) is 5.00. The lowest BCUT2D eigenvalue weighted by Gasteiger charge is -2.31. The van der Waals surface area contributed by atoms with Crippen LogP contribution in [0.1, 0.15) is 24.6 Å². The van der Waals surface area contributed by atoms with E-state index in [4.69, 9.17) is 5.73 Å². The van der Waals surface area contributed by atoms with Gasteiger partial charge >= 0.3 is 0 Å². The average molecular weight is 262 g/mol. The molecule has 1 aliphatic heterocycles. The summed E-state index contributed by atoms with van der Waals surface area (Å²) in [4.78, 5) is 13.6. The van der Waals surface area contributed by atoms with E-state index in [-0.39, 0.29) is 6.04 Å². The molecule has 0 spiro atoms. The van der Waals surface area contributed by atoms with Crippen LogP contribution in [0.15, 0.2) is 12.4 Å². The van der Waals surface area contributed by atoms with Crippen molar-refractivity contribution in [3.05, 3.63) is 17.3 Å². The molecule has 2 aromatic rings. The summed E-state index contributed by atoms with van der Waals surface area (Å²) in [6, 6.07) is 2.50. The number of fused-ring (bicyclic) bond motifs is 1. The van der Waals surface area contributed by atoms with Crippen LogP contribution < -0.4 is 10.6 Å². The first-order chi connectivity index (χ1) is 8.78. The number of nitrogens with two attached hydrogens (primary N) is 1. The Hall–Kier alpha value is -1.20. The van der Waals surface area contributed by atoms with Crippen LogP contribution in [0, 0.1) is 0 Å². The second-order valence-electron chi connectivity index (χ2n) is 4.83. The SMILES string of the molecule is CCc1cc2c(N3CCC[C@@H](N)C3)ncnc2s1. The molecule has 0 saturated carbocycles. The molecule has 18 heavy (non-hydrogen) atoms. The van der Waals surface area contributed by atoms with Crippen LogP contribution in [0.2, 0.25) is 0 Å². The number of piperidine rings is 1. The summed E-state index contributed by atoms with van der Waals surface area (Å²) < 4.78 is 0. The van der Waals surface area contributed by atoms with Gasteiger partial charge in [-0.3, -0.25) is 0 Å². The average Bonchev–Trinajstić information content (AvgIpc) is 2.81. The molecule has 1 aliphatic rings. The lowest BCUT2D eigenvalue weighted by atomic mass is 10.1. The minimum Gasteiger partial charge on any atom is -0.354 e.